The highest BCUT2D eigenvalue weighted by Crippen LogP contribution is 2.27. The summed E-state index contributed by atoms with van der Waals surface area (Å²) in [7, 11) is 0. The first-order valence-corrected chi connectivity index (χ1v) is 4.52. The molecule has 0 aromatic heterocycles. The van der Waals surface area contributed by atoms with Gasteiger partial charge in [-0.2, -0.15) is 0 Å². The van der Waals surface area contributed by atoms with Gasteiger partial charge in [-0.25, -0.2) is 8.78 Å². The number of halogens is 3. The predicted molar refractivity (Wildman–Crippen MR) is 50.5 cm³/mol. The lowest BCUT2D eigenvalue weighted by atomic mass is 9.97. The van der Waals surface area contributed by atoms with Gasteiger partial charge >= 0.3 is 0 Å². The van der Waals surface area contributed by atoms with E-state index in [1.807, 2.05) is 0 Å². The van der Waals surface area contributed by atoms with Crippen molar-refractivity contribution in [2.75, 3.05) is 0 Å². The van der Waals surface area contributed by atoms with E-state index in [2.05, 4.69) is 0 Å². The zero-order valence-corrected chi connectivity index (χ0v) is 8.31. The average molecular weight is 219 g/mol. The summed E-state index contributed by atoms with van der Waals surface area (Å²) in [5.41, 5.74) is -0.0819. The summed E-state index contributed by atoms with van der Waals surface area (Å²) in [6.45, 7) is 1.59. The summed E-state index contributed by atoms with van der Waals surface area (Å²) >= 11 is 5.45. The average Bonchev–Trinajstić information content (AvgIpc) is 2.01. The van der Waals surface area contributed by atoms with Crippen LogP contribution in [0.25, 0.3) is 0 Å². The van der Waals surface area contributed by atoms with Gasteiger partial charge in [0, 0.05) is 17.0 Å². The first-order chi connectivity index (χ1) is 6.56. The molecule has 0 N–H and O–H groups in total. The van der Waals surface area contributed by atoms with Gasteiger partial charge in [0.15, 0.2) is 0 Å². The molecule has 0 aliphatic carbocycles. The molecule has 0 spiro atoms. The van der Waals surface area contributed by atoms with Crippen molar-refractivity contribution in [1.29, 1.82) is 0 Å². The molecule has 0 aliphatic heterocycles. The molecule has 0 bridgehead atoms. The fourth-order valence-corrected chi connectivity index (χ4v) is 1.48. The van der Waals surface area contributed by atoms with Crippen molar-refractivity contribution in [2.24, 2.45) is 0 Å². The Bertz CT molecular complexity index is 329. The molecule has 0 aliphatic rings. The van der Waals surface area contributed by atoms with Crippen molar-refractivity contribution in [2.45, 2.75) is 19.3 Å². The molecule has 0 radical (unpaired) electrons. The van der Waals surface area contributed by atoms with E-state index in [1.54, 1.807) is 6.92 Å². The predicted octanol–water partition coefficient (Wildman–Crippen LogP) is 3.31. The number of benzene rings is 1. The van der Waals surface area contributed by atoms with Gasteiger partial charge in [0.05, 0.1) is 0 Å². The molecule has 1 rings (SSSR count). The van der Waals surface area contributed by atoms with Crippen LogP contribution in [0.15, 0.2) is 12.1 Å². The molecular formula is C10H9ClF2O. The number of rotatable bonds is 3. The fraction of sp³-hybridized carbons (Fsp3) is 0.300. The minimum absolute atomic E-state index is 0.0158. The van der Waals surface area contributed by atoms with Crippen LogP contribution in [-0.2, 0) is 4.79 Å². The zero-order valence-electron chi connectivity index (χ0n) is 7.56. The largest absolute Gasteiger partial charge is 0.303 e. The maximum Gasteiger partial charge on any atom is 0.131 e. The van der Waals surface area contributed by atoms with E-state index >= 15 is 0 Å². The van der Waals surface area contributed by atoms with Crippen LogP contribution < -0.4 is 0 Å². The Hall–Kier alpha value is -0.960. The zero-order chi connectivity index (χ0) is 10.7. The summed E-state index contributed by atoms with van der Waals surface area (Å²) in [4.78, 5) is 10.2. The maximum absolute atomic E-state index is 13.2. The van der Waals surface area contributed by atoms with Crippen LogP contribution >= 0.6 is 11.6 Å². The Morgan fingerprint density at radius 3 is 2.36 bits per heavy atom. The van der Waals surface area contributed by atoms with Crippen molar-refractivity contribution >= 4 is 17.9 Å². The lowest BCUT2D eigenvalue weighted by Crippen LogP contribution is -2.02. The minimum atomic E-state index is -0.704. The highest BCUT2D eigenvalue weighted by atomic mass is 35.5. The third-order valence-electron chi connectivity index (χ3n) is 1.99. The van der Waals surface area contributed by atoms with E-state index in [0.29, 0.717) is 6.29 Å². The van der Waals surface area contributed by atoms with Gasteiger partial charge in [-0.3, -0.25) is 0 Å². The third kappa shape index (κ3) is 2.29. The first-order valence-electron chi connectivity index (χ1n) is 4.14. The van der Waals surface area contributed by atoms with Gasteiger partial charge in [0.2, 0.25) is 0 Å². The van der Waals surface area contributed by atoms with E-state index in [4.69, 9.17) is 11.6 Å². The van der Waals surface area contributed by atoms with Gasteiger partial charge < -0.3 is 4.79 Å². The molecule has 14 heavy (non-hydrogen) atoms. The Labute approximate surface area is 85.7 Å². The normalized spacial score (nSPS) is 12.6. The van der Waals surface area contributed by atoms with Gasteiger partial charge in [0.1, 0.15) is 17.9 Å². The summed E-state index contributed by atoms with van der Waals surface area (Å²) in [6.07, 6.45) is 0.730. The van der Waals surface area contributed by atoms with Crippen LogP contribution in [0, 0.1) is 11.6 Å². The van der Waals surface area contributed by atoms with E-state index in [0.717, 1.165) is 12.1 Å². The van der Waals surface area contributed by atoms with E-state index < -0.39 is 17.6 Å². The molecule has 1 nitrogen and oxygen atoms in total. The molecule has 0 saturated heterocycles. The van der Waals surface area contributed by atoms with Gasteiger partial charge in [-0.05, 0) is 18.1 Å². The van der Waals surface area contributed by atoms with Crippen molar-refractivity contribution in [3.63, 3.8) is 0 Å². The molecule has 0 amide bonds. The van der Waals surface area contributed by atoms with Crippen molar-refractivity contribution in [3.8, 4) is 0 Å². The minimum Gasteiger partial charge on any atom is -0.303 e. The topological polar surface area (TPSA) is 17.1 Å². The van der Waals surface area contributed by atoms with E-state index in [-0.39, 0.29) is 17.0 Å². The molecule has 1 aromatic rings. The van der Waals surface area contributed by atoms with Crippen LogP contribution in [0.5, 0.6) is 0 Å². The number of hydrogen-bond acceptors (Lipinski definition) is 1. The smallest absolute Gasteiger partial charge is 0.131 e. The molecule has 4 heteroatoms. The SMILES string of the molecule is CC(CC=O)c1c(F)cc(Cl)cc1F. The summed E-state index contributed by atoms with van der Waals surface area (Å²) in [5, 5.41) is 0.0158. The van der Waals surface area contributed by atoms with Crippen molar-refractivity contribution in [1.82, 2.24) is 0 Å². The van der Waals surface area contributed by atoms with Crippen LogP contribution in [0.3, 0.4) is 0 Å². The van der Waals surface area contributed by atoms with E-state index in [1.165, 1.54) is 0 Å². The van der Waals surface area contributed by atoms with Crippen LogP contribution in [0.1, 0.15) is 24.8 Å². The van der Waals surface area contributed by atoms with Crippen molar-refractivity contribution in [3.05, 3.63) is 34.4 Å². The molecule has 76 valence electrons. The lowest BCUT2D eigenvalue weighted by Gasteiger charge is -2.10. The molecule has 1 aromatic carbocycles. The van der Waals surface area contributed by atoms with Crippen LogP contribution in [0.2, 0.25) is 5.02 Å². The fourth-order valence-electron chi connectivity index (χ4n) is 1.29. The number of aldehydes is 1. The highest BCUT2D eigenvalue weighted by Gasteiger charge is 2.16. The van der Waals surface area contributed by atoms with Gasteiger partial charge in [0.25, 0.3) is 0 Å². The molecule has 0 fully saturated rings. The Morgan fingerprint density at radius 1 is 1.43 bits per heavy atom. The first kappa shape index (κ1) is 11.1. The van der Waals surface area contributed by atoms with Crippen LogP contribution in [-0.4, -0.2) is 6.29 Å². The molecule has 1 unspecified atom stereocenters. The Balaban J connectivity index is 3.13. The second kappa shape index (κ2) is 4.51. The second-order valence-electron chi connectivity index (χ2n) is 3.09. The summed E-state index contributed by atoms with van der Waals surface area (Å²) < 4.78 is 26.5. The number of hydrogen-bond donors (Lipinski definition) is 0. The monoisotopic (exact) mass is 218 g/mol. The third-order valence-corrected chi connectivity index (χ3v) is 2.20. The molecular weight excluding hydrogens is 210 g/mol. The van der Waals surface area contributed by atoms with E-state index in [9.17, 15) is 13.6 Å². The quantitative estimate of drug-likeness (QED) is 0.712. The maximum atomic E-state index is 13.2. The lowest BCUT2D eigenvalue weighted by molar-refractivity contribution is -0.108. The molecule has 1 atom stereocenters. The van der Waals surface area contributed by atoms with Crippen LogP contribution in [0.4, 0.5) is 8.78 Å². The second-order valence-corrected chi connectivity index (χ2v) is 3.52. The molecule has 0 heterocycles. The number of carbonyl (C=O) groups excluding carboxylic acids is 1. The summed E-state index contributed by atoms with van der Waals surface area (Å²) in [6, 6.07) is 2.09. The Kier molecular flexibility index (Phi) is 3.58. The Morgan fingerprint density at radius 2 is 1.93 bits per heavy atom. The summed E-state index contributed by atoms with van der Waals surface area (Å²) in [5.74, 6) is -1.88. The standard InChI is InChI=1S/C10H9ClF2O/c1-6(2-3-14)10-8(12)4-7(11)5-9(10)13/h3-6H,2H2,1H3. The molecule has 0 saturated carbocycles. The van der Waals surface area contributed by atoms with Crippen molar-refractivity contribution < 1.29 is 13.6 Å². The highest BCUT2D eigenvalue weighted by molar-refractivity contribution is 6.30. The van der Waals surface area contributed by atoms with Gasteiger partial charge in [-0.1, -0.05) is 18.5 Å². The van der Waals surface area contributed by atoms with Gasteiger partial charge in [-0.15, -0.1) is 0 Å². The number of carbonyl (C=O) groups is 1.